The molecule has 1 aliphatic carbocycles. The van der Waals surface area contributed by atoms with Crippen molar-refractivity contribution < 1.29 is 9.59 Å². The van der Waals surface area contributed by atoms with Crippen LogP contribution in [0.25, 0.3) is 0 Å². The van der Waals surface area contributed by atoms with E-state index in [1.807, 2.05) is 4.90 Å². The Morgan fingerprint density at radius 3 is 2.43 bits per heavy atom. The van der Waals surface area contributed by atoms with E-state index in [1.165, 1.54) is 0 Å². The van der Waals surface area contributed by atoms with Gasteiger partial charge < -0.3 is 15.5 Å². The summed E-state index contributed by atoms with van der Waals surface area (Å²) >= 11 is 0. The number of halogens is 1. The standard InChI is InChI=1S/C16H28N4O2.ClH/c1-12-10-13(4-5-17-12)16(22)20-8-6-19(7-9-20)11-15(21)18-14-2-3-14;/h12-14,17H,2-11H2,1H3,(H,18,21);1H/t12-,13-;/m0./s1. The summed E-state index contributed by atoms with van der Waals surface area (Å²) in [6.45, 7) is 6.70. The molecule has 6 nitrogen and oxygen atoms in total. The van der Waals surface area contributed by atoms with E-state index in [9.17, 15) is 9.59 Å². The van der Waals surface area contributed by atoms with E-state index in [0.29, 0.717) is 24.5 Å². The number of hydrogen-bond acceptors (Lipinski definition) is 4. The van der Waals surface area contributed by atoms with Gasteiger partial charge in [-0.05, 0) is 39.2 Å². The lowest BCUT2D eigenvalue weighted by molar-refractivity contribution is -0.138. The molecule has 0 radical (unpaired) electrons. The zero-order valence-electron chi connectivity index (χ0n) is 13.9. The highest BCUT2D eigenvalue weighted by Gasteiger charge is 2.31. The number of hydrogen-bond donors (Lipinski definition) is 2. The Bertz CT molecular complexity index is 422. The lowest BCUT2D eigenvalue weighted by Crippen LogP contribution is -2.53. The molecule has 132 valence electrons. The normalized spacial score (nSPS) is 28.8. The van der Waals surface area contributed by atoms with Crippen LogP contribution in [0, 0.1) is 5.92 Å². The quantitative estimate of drug-likeness (QED) is 0.765. The van der Waals surface area contributed by atoms with Gasteiger partial charge in [-0.3, -0.25) is 14.5 Å². The van der Waals surface area contributed by atoms with Gasteiger partial charge in [-0.2, -0.15) is 0 Å². The van der Waals surface area contributed by atoms with Crippen LogP contribution in [0.15, 0.2) is 0 Å². The maximum atomic E-state index is 12.6. The van der Waals surface area contributed by atoms with Crippen molar-refractivity contribution in [3.05, 3.63) is 0 Å². The van der Waals surface area contributed by atoms with E-state index in [4.69, 9.17) is 0 Å². The first-order chi connectivity index (χ1) is 10.6. The minimum Gasteiger partial charge on any atom is -0.352 e. The van der Waals surface area contributed by atoms with Crippen molar-refractivity contribution in [1.29, 1.82) is 0 Å². The van der Waals surface area contributed by atoms with Gasteiger partial charge in [0.2, 0.25) is 11.8 Å². The Hall–Kier alpha value is -0.850. The Labute approximate surface area is 144 Å². The number of piperazine rings is 1. The summed E-state index contributed by atoms with van der Waals surface area (Å²) in [5.41, 5.74) is 0. The summed E-state index contributed by atoms with van der Waals surface area (Å²) in [4.78, 5) is 28.6. The molecule has 0 aromatic rings. The number of carbonyl (C=O) groups excluding carboxylic acids is 2. The van der Waals surface area contributed by atoms with Crippen molar-refractivity contribution in [2.24, 2.45) is 5.92 Å². The molecule has 3 rings (SSSR count). The fraction of sp³-hybridized carbons (Fsp3) is 0.875. The van der Waals surface area contributed by atoms with E-state index in [-0.39, 0.29) is 24.2 Å². The van der Waals surface area contributed by atoms with Crippen molar-refractivity contribution in [3.63, 3.8) is 0 Å². The molecule has 2 heterocycles. The molecule has 2 amide bonds. The molecule has 3 fully saturated rings. The van der Waals surface area contributed by atoms with Gasteiger partial charge in [-0.15, -0.1) is 12.4 Å². The van der Waals surface area contributed by atoms with Gasteiger partial charge >= 0.3 is 0 Å². The van der Waals surface area contributed by atoms with Gasteiger partial charge in [-0.1, -0.05) is 0 Å². The topological polar surface area (TPSA) is 64.7 Å². The van der Waals surface area contributed by atoms with Crippen molar-refractivity contribution in [1.82, 2.24) is 20.4 Å². The molecule has 2 N–H and O–H groups in total. The second-order valence-electron chi connectivity index (χ2n) is 7.02. The maximum Gasteiger partial charge on any atom is 0.234 e. The van der Waals surface area contributed by atoms with Crippen LogP contribution < -0.4 is 10.6 Å². The van der Waals surface area contributed by atoms with Crippen LogP contribution in [0.1, 0.15) is 32.6 Å². The van der Waals surface area contributed by atoms with E-state index < -0.39 is 0 Å². The first-order valence-corrected chi connectivity index (χ1v) is 8.65. The Balaban J connectivity index is 0.00000192. The highest BCUT2D eigenvalue weighted by molar-refractivity contribution is 5.85. The fourth-order valence-corrected chi connectivity index (χ4v) is 3.44. The summed E-state index contributed by atoms with van der Waals surface area (Å²) in [7, 11) is 0. The number of piperidine rings is 1. The molecule has 0 spiro atoms. The molecular formula is C16H29ClN4O2. The molecular weight excluding hydrogens is 316 g/mol. The molecule has 3 aliphatic rings. The molecule has 2 saturated heterocycles. The molecule has 2 atom stereocenters. The molecule has 0 unspecified atom stereocenters. The van der Waals surface area contributed by atoms with Gasteiger partial charge in [0.1, 0.15) is 0 Å². The smallest absolute Gasteiger partial charge is 0.234 e. The Morgan fingerprint density at radius 1 is 1.13 bits per heavy atom. The second kappa shape index (κ2) is 8.31. The third-order valence-electron chi connectivity index (χ3n) is 4.97. The average Bonchev–Trinajstić information content (AvgIpc) is 3.31. The van der Waals surface area contributed by atoms with Crippen LogP contribution >= 0.6 is 12.4 Å². The average molecular weight is 345 g/mol. The van der Waals surface area contributed by atoms with Crippen molar-refractivity contribution in [3.8, 4) is 0 Å². The minimum atomic E-state index is 0. The third kappa shape index (κ3) is 5.33. The lowest BCUT2D eigenvalue weighted by Gasteiger charge is -2.37. The molecule has 0 bridgehead atoms. The number of amides is 2. The highest BCUT2D eigenvalue weighted by Crippen LogP contribution is 2.20. The Morgan fingerprint density at radius 2 is 1.83 bits per heavy atom. The van der Waals surface area contributed by atoms with Crippen LogP contribution in [-0.4, -0.2) is 73.0 Å². The van der Waals surface area contributed by atoms with Crippen LogP contribution in [0.5, 0.6) is 0 Å². The number of nitrogens with one attached hydrogen (secondary N) is 2. The summed E-state index contributed by atoms with van der Waals surface area (Å²) in [6.07, 6.45) is 4.15. The summed E-state index contributed by atoms with van der Waals surface area (Å²) in [5.74, 6) is 0.630. The van der Waals surface area contributed by atoms with Crippen LogP contribution in [0.2, 0.25) is 0 Å². The van der Waals surface area contributed by atoms with E-state index >= 15 is 0 Å². The third-order valence-corrected chi connectivity index (χ3v) is 4.97. The van der Waals surface area contributed by atoms with Crippen molar-refractivity contribution >= 4 is 24.2 Å². The fourth-order valence-electron chi connectivity index (χ4n) is 3.44. The monoisotopic (exact) mass is 344 g/mol. The molecule has 7 heteroatoms. The first-order valence-electron chi connectivity index (χ1n) is 8.65. The molecule has 23 heavy (non-hydrogen) atoms. The largest absolute Gasteiger partial charge is 0.352 e. The molecule has 1 saturated carbocycles. The van der Waals surface area contributed by atoms with Gasteiger partial charge in [0.05, 0.1) is 6.54 Å². The van der Waals surface area contributed by atoms with Gasteiger partial charge in [-0.25, -0.2) is 0 Å². The van der Waals surface area contributed by atoms with E-state index in [2.05, 4.69) is 22.5 Å². The zero-order chi connectivity index (χ0) is 15.5. The van der Waals surface area contributed by atoms with Crippen molar-refractivity contribution in [2.45, 2.75) is 44.7 Å². The number of carbonyl (C=O) groups is 2. The SMILES string of the molecule is C[C@H]1C[C@@H](C(=O)N2CCN(CC(=O)NC3CC3)CC2)CCN1.Cl. The summed E-state index contributed by atoms with van der Waals surface area (Å²) in [6, 6.07) is 0.868. The van der Waals surface area contributed by atoms with Crippen LogP contribution in [0.4, 0.5) is 0 Å². The van der Waals surface area contributed by atoms with Crippen LogP contribution in [-0.2, 0) is 9.59 Å². The zero-order valence-corrected chi connectivity index (χ0v) is 14.7. The summed E-state index contributed by atoms with van der Waals surface area (Å²) in [5, 5.41) is 6.42. The summed E-state index contributed by atoms with van der Waals surface area (Å²) < 4.78 is 0. The predicted octanol–water partition coefficient (Wildman–Crippen LogP) is 0.219. The second-order valence-corrected chi connectivity index (χ2v) is 7.02. The predicted molar refractivity (Wildman–Crippen MR) is 91.6 cm³/mol. The first kappa shape index (κ1) is 18.5. The number of rotatable bonds is 4. The molecule has 2 aliphatic heterocycles. The van der Waals surface area contributed by atoms with Crippen molar-refractivity contribution in [2.75, 3.05) is 39.3 Å². The van der Waals surface area contributed by atoms with Crippen LogP contribution in [0.3, 0.4) is 0 Å². The van der Waals surface area contributed by atoms with E-state index in [0.717, 1.165) is 58.4 Å². The van der Waals surface area contributed by atoms with Gasteiger partial charge in [0, 0.05) is 44.2 Å². The molecule has 0 aromatic carbocycles. The number of nitrogens with zero attached hydrogens (tertiary/aromatic N) is 2. The van der Waals surface area contributed by atoms with Gasteiger partial charge in [0.25, 0.3) is 0 Å². The maximum absolute atomic E-state index is 12.6. The van der Waals surface area contributed by atoms with Gasteiger partial charge in [0.15, 0.2) is 0 Å². The Kier molecular flexibility index (Phi) is 6.68. The molecule has 0 aromatic heterocycles. The highest BCUT2D eigenvalue weighted by atomic mass is 35.5. The lowest BCUT2D eigenvalue weighted by atomic mass is 9.92. The minimum absolute atomic E-state index is 0. The van der Waals surface area contributed by atoms with E-state index in [1.54, 1.807) is 0 Å².